The Morgan fingerprint density at radius 3 is 1.33 bits per heavy atom. The highest BCUT2D eigenvalue weighted by Crippen LogP contribution is 2.23. The monoisotopic (exact) mass is 468 g/mol. The zero-order chi connectivity index (χ0) is 21.1. The first-order valence-electron chi connectivity index (χ1n) is 9.14. The van der Waals surface area contributed by atoms with Gasteiger partial charge < -0.3 is 0 Å². The van der Waals surface area contributed by atoms with Crippen LogP contribution in [-0.4, -0.2) is 9.13 Å². The minimum Gasteiger partial charge on any atom is -0.289 e. The van der Waals surface area contributed by atoms with E-state index in [4.69, 9.17) is 24.4 Å². The van der Waals surface area contributed by atoms with Gasteiger partial charge in [-0.2, -0.15) is 0 Å². The standard InChI is InChI=1S/C22H16N2O2S4/c25-19-13-17(15-7-3-1-4-8-15)29-21(27)23(19)11-12-24-20(26)14-18(30-22(24)28)16-9-5-2-6-10-16/h1-10,13-14H,11-12H2. The number of nitrogens with zero attached hydrogens (tertiary/aromatic N) is 2. The molecule has 150 valence electrons. The Morgan fingerprint density at radius 2 is 1.00 bits per heavy atom. The average molecular weight is 469 g/mol. The van der Waals surface area contributed by atoms with Gasteiger partial charge in [-0.25, -0.2) is 0 Å². The summed E-state index contributed by atoms with van der Waals surface area (Å²) >= 11 is 13.7. The van der Waals surface area contributed by atoms with E-state index in [9.17, 15) is 9.59 Å². The van der Waals surface area contributed by atoms with Gasteiger partial charge >= 0.3 is 0 Å². The summed E-state index contributed by atoms with van der Waals surface area (Å²) in [5, 5.41) is 0. The minimum absolute atomic E-state index is 0.179. The van der Waals surface area contributed by atoms with Crippen molar-refractivity contribution in [2.75, 3.05) is 0 Å². The lowest BCUT2D eigenvalue weighted by molar-refractivity contribution is 0.553. The molecule has 0 radical (unpaired) electrons. The molecule has 0 saturated carbocycles. The van der Waals surface area contributed by atoms with Crippen LogP contribution in [0.1, 0.15) is 0 Å². The Bertz CT molecular complexity index is 1240. The molecular formula is C22H16N2O2S4. The molecule has 0 fully saturated rings. The molecule has 8 heteroatoms. The van der Waals surface area contributed by atoms with Gasteiger partial charge in [0.15, 0.2) is 7.91 Å². The maximum absolute atomic E-state index is 12.7. The summed E-state index contributed by atoms with van der Waals surface area (Å²) in [6, 6.07) is 22.5. The van der Waals surface area contributed by atoms with Crippen molar-refractivity contribution in [1.82, 2.24) is 9.13 Å². The molecule has 0 spiro atoms. The van der Waals surface area contributed by atoms with Crippen LogP contribution in [0.2, 0.25) is 0 Å². The maximum atomic E-state index is 12.7. The fourth-order valence-electron chi connectivity index (χ4n) is 3.01. The molecule has 0 aliphatic carbocycles. The van der Waals surface area contributed by atoms with Crippen LogP contribution in [0.25, 0.3) is 20.9 Å². The Morgan fingerprint density at radius 1 is 0.633 bits per heavy atom. The van der Waals surface area contributed by atoms with Crippen molar-refractivity contribution in [3.05, 3.63) is 101 Å². The first-order chi connectivity index (χ1) is 14.5. The summed E-state index contributed by atoms with van der Waals surface area (Å²) in [7, 11) is 0. The molecule has 30 heavy (non-hydrogen) atoms. The smallest absolute Gasteiger partial charge is 0.253 e. The van der Waals surface area contributed by atoms with E-state index in [1.807, 2.05) is 60.7 Å². The molecule has 0 aliphatic heterocycles. The molecule has 2 aromatic carbocycles. The second-order valence-electron chi connectivity index (χ2n) is 6.46. The molecule has 0 aliphatic rings. The van der Waals surface area contributed by atoms with Crippen molar-refractivity contribution in [3.63, 3.8) is 0 Å². The van der Waals surface area contributed by atoms with Gasteiger partial charge in [-0.3, -0.25) is 18.7 Å². The third kappa shape index (κ3) is 4.46. The van der Waals surface area contributed by atoms with E-state index in [0.717, 1.165) is 20.9 Å². The van der Waals surface area contributed by atoms with Crippen LogP contribution in [0, 0.1) is 7.91 Å². The van der Waals surface area contributed by atoms with Gasteiger partial charge in [-0.1, -0.05) is 60.7 Å². The molecule has 0 saturated heterocycles. The number of hydrogen-bond acceptors (Lipinski definition) is 6. The molecule has 0 unspecified atom stereocenters. The highest BCUT2D eigenvalue weighted by molar-refractivity contribution is 7.73. The van der Waals surface area contributed by atoms with E-state index in [2.05, 4.69) is 0 Å². The van der Waals surface area contributed by atoms with E-state index >= 15 is 0 Å². The van der Waals surface area contributed by atoms with Crippen molar-refractivity contribution >= 4 is 47.1 Å². The summed E-state index contributed by atoms with van der Waals surface area (Å²) in [4.78, 5) is 27.0. The topological polar surface area (TPSA) is 44.0 Å². The first-order valence-corrected chi connectivity index (χ1v) is 11.6. The van der Waals surface area contributed by atoms with E-state index in [1.54, 1.807) is 12.1 Å². The van der Waals surface area contributed by atoms with Crippen molar-refractivity contribution in [1.29, 1.82) is 0 Å². The second-order valence-corrected chi connectivity index (χ2v) is 9.82. The molecule has 0 amide bonds. The fourth-order valence-corrected chi connectivity index (χ4v) is 5.70. The van der Waals surface area contributed by atoms with Gasteiger partial charge in [0.1, 0.15) is 0 Å². The second kappa shape index (κ2) is 9.09. The van der Waals surface area contributed by atoms with Gasteiger partial charge in [0, 0.05) is 35.0 Å². The van der Waals surface area contributed by atoms with Crippen molar-refractivity contribution in [2.24, 2.45) is 0 Å². The highest BCUT2D eigenvalue weighted by Gasteiger charge is 2.08. The van der Waals surface area contributed by atoms with Crippen molar-refractivity contribution in [2.45, 2.75) is 13.1 Å². The lowest BCUT2D eigenvalue weighted by atomic mass is 10.2. The van der Waals surface area contributed by atoms with Crippen LogP contribution in [-0.2, 0) is 13.1 Å². The van der Waals surface area contributed by atoms with Crippen LogP contribution in [0.15, 0.2) is 82.4 Å². The van der Waals surface area contributed by atoms with E-state index in [-0.39, 0.29) is 11.1 Å². The number of aromatic nitrogens is 2. The molecule has 0 N–H and O–H groups in total. The van der Waals surface area contributed by atoms with Gasteiger partial charge in [-0.15, -0.1) is 22.7 Å². The van der Waals surface area contributed by atoms with E-state index in [1.165, 1.54) is 31.8 Å². The fraction of sp³-hybridized carbons (Fsp3) is 0.0909. The predicted molar refractivity (Wildman–Crippen MR) is 130 cm³/mol. The van der Waals surface area contributed by atoms with E-state index < -0.39 is 0 Å². The molecular weight excluding hydrogens is 453 g/mol. The normalized spacial score (nSPS) is 10.8. The average Bonchev–Trinajstić information content (AvgIpc) is 2.75. The lowest BCUT2D eigenvalue weighted by Gasteiger charge is -2.10. The first kappa shape index (κ1) is 20.7. The van der Waals surface area contributed by atoms with E-state index in [0.29, 0.717) is 21.0 Å². The van der Waals surface area contributed by atoms with Crippen LogP contribution in [0.4, 0.5) is 0 Å². The number of benzene rings is 2. The third-order valence-electron chi connectivity index (χ3n) is 4.54. The van der Waals surface area contributed by atoms with Crippen LogP contribution in [0.3, 0.4) is 0 Å². The highest BCUT2D eigenvalue weighted by atomic mass is 32.2. The Labute approximate surface area is 191 Å². The molecule has 4 nitrogen and oxygen atoms in total. The Balaban J connectivity index is 1.61. The van der Waals surface area contributed by atoms with Crippen LogP contribution < -0.4 is 11.1 Å². The van der Waals surface area contributed by atoms with Crippen molar-refractivity contribution < 1.29 is 0 Å². The van der Waals surface area contributed by atoms with Gasteiger partial charge in [0.05, 0.1) is 0 Å². The zero-order valence-corrected chi connectivity index (χ0v) is 19.0. The minimum atomic E-state index is -0.179. The maximum Gasteiger partial charge on any atom is 0.253 e. The molecule has 0 atom stereocenters. The SMILES string of the molecule is O=c1cc(-c2ccccc2)sc(=S)n1CCn1c(=O)cc(-c2ccccc2)sc1=S. The summed E-state index contributed by atoms with van der Waals surface area (Å²) in [6.07, 6.45) is 0. The Kier molecular flexibility index (Phi) is 6.29. The quantitative estimate of drug-likeness (QED) is 0.356. The third-order valence-corrected chi connectivity index (χ3v) is 7.42. The number of rotatable bonds is 5. The van der Waals surface area contributed by atoms with Gasteiger partial charge in [0.2, 0.25) is 0 Å². The molecule has 2 aromatic heterocycles. The molecule has 4 rings (SSSR count). The summed E-state index contributed by atoms with van der Waals surface area (Å²) in [6.45, 7) is 0.592. The Hall–Kier alpha value is -2.52. The zero-order valence-electron chi connectivity index (χ0n) is 15.7. The summed E-state index contributed by atoms with van der Waals surface area (Å²) < 4.78 is 3.99. The molecule has 4 aromatic rings. The number of hydrogen-bond donors (Lipinski definition) is 0. The molecule has 0 bridgehead atoms. The van der Waals surface area contributed by atoms with Crippen molar-refractivity contribution in [3.8, 4) is 20.9 Å². The molecule has 2 heterocycles. The van der Waals surface area contributed by atoms with Crippen LogP contribution in [0.5, 0.6) is 0 Å². The predicted octanol–water partition coefficient (Wildman–Crippen LogP) is 5.63. The van der Waals surface area contributed by atoms with Crippen LogP contribution >= 0.6 is 47.1 Å². The van der Waals surface area contributed by atoms with Gasteiger partial charge in [0.25, 0.3) is 11.1 Å². The lowest BCUT2D eigenvalue weighted by Crippen LogP contribution is -2.26. The summed E-state index contributed by atoms with van der Waals surface area (Å²) in [5.41, 5.74) is 1.56. The largest absolute Gasteiger partial charge is 0.289 e. The summed E-state index contributed by atoms with van der Waals surface area (Å²) in [5.74, 6) is 0. The van der Waals surface area contributed by atoms with Gasteiger partial charge in [-0.05, 0) is 35.6 Å².